The molecule has 2 aromatic rings. The predicted molar refractivity (Wildman–Crippen MR) is 102 cm³/mol. The summed E-state index contributed by atoms with van der Waals surface area (Å²) in [6.07, 6.45) is 0. The van der Waals surface area contributed by atoms with E-state index in [0.29, 0.717) is 21.3 Å². The topological polar surface area (TPSA) is 58.2 Å². The Bertz CT molecular complexity index is 791. The van der Waals surface area contributed by atoms with Gasteiger partial charge in [0.2, 0.25) is 5.91 Å². The Labute approximate surface area is 157 Å². The summed E-state index contributed by atoms with van der Waals surface area (Å²) >= 11 is 12.0. The van der Waals surface area contributed by atoms with Crippen LogP contribution in [0.5, 0.6) is 0 Å². The van der Waals surface area contributed by atoms with Crippen LogP contribution in [0.15, 0.2) is 42.5 Å². The average molecular weight is 379 g/mol. The SMILES string of the molecule is Cc1cc(Cl)ccc1NC(=O)C(NC(=O)c1ccccc1Cl)C(C)C. The number of nitrogens with one attached hydrogen (secondary N) is 2. The molecule has 0 bridgehead atoms. The molecule has 0 spiro atoms. The van der Waals surface area contributed by atoms with E-state index in [-0.39, 0.29) is 17.7 Å². The molecule has 0 saturated heterocycles. The van der Waals surface area contributed by atoms with E-state index in [1.54, 1.807) is 42.5 Å². The van der Waals surface area contributed by atoms with Crippen molar-refractivity contribution in [1.82, 2.24) is 5.32 Å². The van der Waals surface area contributed by atoms with Crippen LogP contribution in [0.1, 0.15) is 29.8 Å². The summed E-state index contributed by atoms with van der Waals surface area (Å²) in [6.45, 7) is 5.59. The fourth-order valence-corrected chi connectivity index (χ4v) is 2.83. The smallest absolute Gasteiger partial charge is 0.253 e. The Morgan fingerprint density at radius 3 is 2.32 bits per heavy atom. The van der Waals surface area contributed by atoms with E-state index in [1.807, 2.05) is 20.8 Å². The Morgan fingerprint density at radius 1 is 1.04 bits per heavy atom. The van der Waals surface area contributed by atoms with Crippen molar-refractivity contribution in [3.63, 3.8) is 0 Å². The summed E-state index contributed by atoms with van der Waals surface area (Å²) in [6, 6.07) is 11.2. The van der Waals surface area contributed by atoms with Gasteiger partial charge in [0.25, 0.3) is 5.91 Å². The fraction of sp³-hybridized carbons (Fsp3) is 0.263. The second kappa shape index (κ2) is 8.37. The monoisotopic (exact) mass is 378 g/mol. The molecule has 0 aromatic heterocycles. The van der Waals surface area contributed by atoms with E-state index in [0.717, 1.165) is 5.56 Å². The van der Waals surface area contributed by atoms with Crippen molar-refractivity contribution >= 4 is 40.7 Å². The van der Waals surface area contributed by atoms with Crippen LogP contribution < -0.4 is 10.6 Å². The lowest BCUT2D eigenvalue weighted by atomic mass is 10.0. The van der Waals surface area contributed by atoms with Crippen molar-refractivity contribution in [2.45, 2.75) is 26.8 Å². The molecule has 2 N–H and O–H groups in total. The molecule has 0 aliphatic heterocycles. The van der Waals surface area contributed by atoms with Crippen LogP contribution in [-0.4, -0.2) is 17.9 Å². The standard InChI is InChI=1S/C19H20Cl2N2O2/c1-11(2)17(23-18(24)14-6-4-5-7-15(14)21)19(25)22-16-9-8-13(20)10-12(16)3/h4-11,17H,1-3H3,(H,22,25)(H,23,24). The number of hydrogen-bond acceptors (Lipinski definition) is 2. The molecular weight excluding hydrogens is 359 g/mol. The van der Waals surface area contributed by atoms with Gasteiger partial charge < -0.3 is 10.6 Å². The predicted octanol–water partition coefficient (Wildman–Crippen LogP) is 4.69. The molecule has 2 aromatic carbocycles. The Hall–Kier alpha value is -2.04. The maximum atomic E-state index is 12.7. The van der Waals surface area contributed by atoms with E-state index in [4.69, 9.17) is 23.2 Å². The summed E-state index contributed by atoms with van der Waals surface area (Å²) < 4.78 is 0. The largest absolute Gasteiger partial charge is 0.340 e. The third-order valence-electron chi connectivity index (χ3n) is 3.80. The van der Waals surface area contributed by atoms with Crippen LogP contribution in [0, 0.1) is 12.8 Å². The molecule has 0 radical (unpaired) electrons. The van der Waals surface area contributed by atoms with Gasteiger partial charge in [0.15, 0.2) is 0 Å². The van der Waals surface area contributed by atoms with Crippen molar-refractivity contribution in [2.75, 3.05) is 5.32 Å². The van der Waals surface area contributed by atoms with Crippen molar-refractivity contribution in [3.8, 4) is 0 Å². The third kappa shape index (κ3) is 4.97. The number of carbonyl (C=O) groups is 2. The molecule has 4 nitrogen and oxygen atoms in total. The van der Waals surface area contributed by atoms with Gasteiger partial charge in [0, 0.05) is 10.7 Å². The number of amides is 2. The van der Waals surface area contributed by atoms with Crippen molar-refractivity contribution in [1.29, 1.82) is 0 Å². The van der Waals surface area contributed by atoms with Gasteiger partial charge >= 0.3 is 0 Å². The van der Waals surface area contributed by atoms with Crippen LogP contribution >= 0.6 is 23.2 Å². The first-order valence-corrected chi connectivity index (χ1v) is 8.67. The summed E-state index contributed by atoms with van der Waals surface area (Å²) in [5.41, 5.74) is 1.85. The lowest BCUT2D eigenvalue weighted by molar-refractivity contribution is -0.118. The van der Waals surface area contributed by atoms with E-state index in [1.165, 1.54) is 0 Å². The van der Waals surface area contributed by atoms with Gasteiger partial charge in [-0.05, 0) is 48.7 Å². The lowest BCUT2D eigenvalue weighted by Gasteiger charge is -2.22. The number of benzene rings is 2. The first kappa shape index (κ1) is 19.3. The highest BCUT2D eigenvalue weighted by molar-refractivity contribution is 6.33. The van der Waals surface area contributed by atoms with Gasteiger partial charge in [-0.15, -0.1) is 0 Å². The molecule has 0 heterocycles. The Morgan fingerprint density at radius 2 is 1.72 bits per heavy atom. The van der Waals surface area contributed by atoms with Gasteiger partial charge in [0.05, 0.1) is 10.6 Å². The molecule has 2 amide bonds. The molecular formula is C19H20Cl2N2O2. The number of rotatable bonds is 5. The van der Waals surface area contributed by atoms with Crippen LogP contribution in [-0.2, 0) is 4.79 Å². The molecule has 0 fully saturated rings. The quantitative estimate of drug-likeness (QED) is 0.792. The molecule has 0 aliphatic rings. The molecule has 25 heavy (non-hydrogen) atoms. The number of carbonyl (C=O) groups excluding carboxylic acids is 2. The van der Waals surface area contributed by atoms with E-state index in [2.05, 4.69) is 10.6 Å². The number of aryl methyl sites for hydroxylation is 1. The van der Waals surface area contributed by atoms with Crippen LogP contribution in [0.2, 0.25) is 10.0 Å². The second-order valence-corrected chi connectivity index (χ2v) is 6.97. The number of anilines is 1. The van der Waals surface area contributed by atoms with Gasteiger partial charge in [-0.1, -0.05) is 49.2 Å². The summed E-state index contributed by atoms with van der Waals surface area (Å²) in [4.78, 5) is 25.1. The maximum Gasteiger partial charge on any atom is 0.253 e. The lowest BCUT2D eigenvalue weighted by Crippen LogP contribution is -2.47. The highest BCUT2D eigenvalue weighted by atomic mass is 35.5. The molecule has 1 atom stereocenters. The van der Waals surface area contributed by atoms with Gasteiger partial charge in [0.1, 0.15) is 6.04 Å². The molecule has 2 rings (SSSR count). The number of halogens is 2. The van der Waals surface area contributed by atoms with Crippen LogP contribution in [0.3, 0.4) is 0 Å². The fourth-order valence-electron chi connectivity index (χ4n) is 2.38. The van der Waals surface area contributed by atoms with Crippen molar-refractivity contribution in [2.24, 2.45) is 5.92 Å². The normalized spacial score (nSPS) is 11.9. The molecule has 6 heteroatoms. The zero-order chi connectivity index (χ0) is 18.6. The average Bonchev–Trinajstić information content (AvgIpc) is 2.55. The van der Waals surface area contributed by atoms with Gasteiger partial charge in [-0.25, -0.2) is 0 Å². The zero-order valence-electron chi connectivity index (χ0n) is 14.3. The zero-order valence-corrected chi connectivity index (χ0v) is 15.8. The number of hydrogen-bond donors (Lipinski definition) is 2. The minimum absolute atomic E-state index is 0.0981. The van der Waals surface area contributed by atoms with Crippen molar-refractivity contribution < 1.29 is 9.59 Å². The highest BCUT2D eigenvalue weighted by Gasteiger charge is 2.25. The highest BCUT2D eigenvalue weighted by Crippen LogP contribution is 2.21. The maximum absolute atomic E-state index is 12.7. The van der Waals surface area contributed by atoms with E-state index in [9.17, 15) is 9.59 Å². The second-order valence-electron chi connectivity index (χ2n) is 6.12. The third-order valence-corrected chi connectivity index (χ3v) is 4.37. The first-order valence-electron chi connectivity index (χ1n) is 7.92. The molecule has 0 saturated carbocycles. The first-order chi connectivity index (χ1) is 11.8. The van der Waals surface area contributed by atoms with E-state index >= 15 is 0 Å². The van der Waals surface area contributed by atoms with E-state index < -0.39 is 6.04 Å². The minimum atomic E-state index is -0.696. The Kier molecular flexibility index (Phi) is 6.45. The van der Waals surface area contributed by atoms with Crippen molar-refractivity contribution in [3.05, 3.63) is 63.6 Å². The summed E-state index contributed by atoms with van der Waals surface area (Å²) in [5, 5.41) is 6.55. The van der Waals surface area contributed by atoms with Gasteiger partial charge in [-0.3, -0.25) is 9.59 Å². The summed E-state index contributed by atoms with van der Waals surface area (Å²) in [5.74, 6) is -0.771. The van der Waals surface area contributed by atoms with Crippen LogP contribution in [0.4, 0.5) is 5.69 Å². The Balaban J connectivity index is 2.16. The molecule has 0 aliphatic carbocycles. The van der Waals surface area contributed by atoms with Crippen LogP contribution in [0.25, 0.3) is 0 Å². The van der Waals surface area contributed by atoms with Gasteiger partial charge in [-0.2, -0.15) is 0 Å². The summed E-state index contributed by atoms with van der Waals surface area (Å²) in [7, 11) is 0. The molecule has 132 valence electrons. The molecule has 1 unspecified atom stereocenters. The minimum Gasteiger partial charge on any atom is -0.340 e.